The number of aromatic nitrogens is 2. The molecule has 0 spiro atoms. The Bertz CT molecular complexity index is 256. The number of hydrogen-bond donors (Lipinski definition) is 1. The fraction of sp³-hybridized carbons (Fsp3) is 0.750. The standard InChI is InChI=1S/C12H24N4/c1-12(2)14-6-9-15(3)7-4-8-16-10-5-13-11-16/h5,10-12,14H,4,6-9H2,1-3H3. The van der Waals surface area contributed by atoms with E-state index >= 15 is 0 Å². The number of nitrogens with zero attached hydrogens (tertiary/aromatic N) is 3. The first-order chi connectivity index (χ1) is 7.68. The molecule has 0 aliphatic heterocycles. The van der Waals surface area contributed by atoms with Gasteiger partial charge in [0.05, 0.1) is 6.33 Å². The van der Waals surface area contributed by atoms with E-state index in [4.69, 9.17) is 0 Å². The van der Waals surface area contributed by atoms with Crippen LogP contribution in [-0.2, 0) is 6.54 Å². The molecule has 0 fully saturated rings. The SMILES string of the molecule is CC(C)NCCN(C)CCCn1ccnc1. The summed E-state index contributed by atoms with van der Waals surface area (Å²) in [4.78, 5) is 6.40. The number of nitrogens with one attached hydrogen (secondary N) is 1. The third kappa shape index (κ3) is 5.88. The van der Waals surface area contributed by atoms with Crippen molar-refractivity contribution in [2.24, 2.45) is 0 Å². The molecule has 0 atom stereocenters. The Morgan fingerprint density at radius 1 is 1.38 bits per heavy atom. The molecular formula is C12H24N4. The van der Waals surface area contributed by atoms with E-state index in [0.717, 1.165) is 26.2 Å². The lowest BCUT2D eigenvalue weighted by molar-refractivity contribution is 0.315. The van der Waals surface area contributed by atoms with Crippen molar-refractivity contribution in [1.29, 1.82) is 0 Å². The topological polar surface area (TPSA) is 33.1 Å². The van der Waals surface area contributed by atoms with Crippen molar-refractivity contribution in [2.45, 2.75) is 32.9 Å². The van der Waals surface area contributed by atoms with E-state index in [1.54, 1.807) is 0 Å². The molecule has 0 saturated carbocycles. The maximum Gasteiger partial charge on any atom is 0.0945 e. The highest BCUT2D eigenvalue weighted by atomic mass is 15.1. The van der Waals surface area contributed by atoms with Crippen LogP contribution in [0.2, 0.25) is 0 Å². The molecule has 0 bridgehead atoms. The largest absolute Gasteiger partial charge is 0.337 e. The smallest absolute Gasteiger partial charge is 0.0945 e. The minimum atomic E-state index is 0.583. The second kappa shape index (κ2) is 7.41. The number of imidazole rings is 1. The lowest BCUT2D eigenvalue weighted by atomic mass is 10.3. The van der Waals surface area contributed by atoms with Crippen molar-refractivity contribution in [3.05, 3.63) is 18.7 Å². The molecular weight excluding hydrogens is 200 g/mol. The van der Waals surface area contributed by atoms with Gasteiger partial charge < -0.3 is 14.8 Å². The summed E-state index contributed by atoms with van der Waals surface area (Å²) < 4.78 is 2.13. The highest BCUT2D eigenvalue weighted by Crippen LogP contribution is 1.93. The lowest BCUT2D eigenvalue weighted by Crippen LogP contribution is -2.33. The van der Waals surface area contributed by atoms with E-state index in [2.05, 4.69) is 40.7 Å². The number of aryl methyl sites for hydroxylation is 1. The zero-order chi connectivity index (χ0) is 11.8. The molecule has 4 nitrogen and oxygen atoms in total. The normalized spacial score (nSPS) is 11.6. The molecule has 1 aromatic heterocycles. The zero-order valence-corrected chi connectivity index (χ0v) is 10.7. The van der Waals surface area contributed by atoms with Crippen LogP contribution in [0.5, 0.6) is 0 Å². The van der Waals surface area contributed by atoms with Crippen LogP contribution in [-0.4, -0.2) is 47.2 Å². The first-order valence-electron chi connectivity index (χ1n) is 6.06. The summed E-state index contributed by atoms with van der Waals surface area (Å²) in [5.74, 6) is 0. The van der Waals surface area contributed by atoms with Crippen molar-refractivity contribution in [3.8, 4) is 0 Å². The third-order valence-corrected chi connectivity index (χ3v) is 2.56. The Balaban J connectivity index is 2.00. The first-order valence-corrected chi connectivity index (χ1v) is 6.06. The predicted octanol–water partition coefficient (Wildman–Crippen LogP) is 1.20. The molecule has 1 heterocycles. The second-order valence-electron chi connectivity index (χ2n) is 4.57. The molecule has 92 valence electrons. The van der Waals surface area contributed by atoms with Crippen molar-refractivity contribution in [3.63, 3.8) is 0 Å². The van der Waals surface area contributed by atoms with Crippen LogP contribution in [0, 0.1) is 0 Å². The summed E-state index contributed by atoms with van der Waals surface area (Å²) in [6.45, 7) is 8.74. The lowest BCUT2D eigenvalue weighted by Gasteiger charge is -2.17. The summed E-state index contributed by atoms with van der Waals surface area (Å²) in [7, 11) is 2.18. The average molecular weight is 224 g/mol. The minimum absolute atomic E-state index is 0.583. The van der Waals surface area contributed by atoms with Crippen LogP contribution in [0.1, 0.15) is 20.3 Å². The Morgan fingerprint density at radius 3 is 2.81 bits per heavy atom. The first kappa shape index (κ1) is 13.2. The van der Waals surface area contributed by atoms with E-state index in [-0.39, 0.29) is 0 Å². The van der Waals surface area contributed by atoms with E-state index in [1.807, 2.05) is 18.7 Å². The quantitative estimate of drug-likeness (QED) is 0.720. The van der Waals surface area contributed by atoms with Gasteiger partial charge in [0, 0.05) is 38.1 Å². The Morgan fingerprint density at radius 2 is 2.19 bits per heavy atom. The van der Waals surface area contributed by atoms with E-state index in [0.29, 0.717) is 6.04 Å². The predicted molar refractivity (Wildman–Crippen MR) is 67.5 cm³/mol. The number of hydrogen-bond acceptors (Lipinski definition) is 3. The summed E-state index contributed by atoms with van der Waals surface area (Å²) in [5.41, 5.74) is 0. The second-order valence-corrected chi connectivity index (χ2v) is 4.57. The molecule has 0 aromatic carbocycles. The zero-order valence-electron chi connectivity index (χ0n) is 10.7. The molecule has 1 rings (SSSR count). The van der Waals surface area contributed by atoms with Crippen LogP contribution in [0.25, 0.3) is 0 Å². The molecule has 0 radical (unpaired) electrons. The van der Waals surface area contributed by atoms with Gasteiger partial charge >= 0.3 is 0 Å². The highest BCUT2D eigenvalue weighted by molar-refractivity contribution is 4.73. The van der Waals surface area contributed by atoms with Crippen LogP contribution >= 0.6 is 0 Å². The van der Waals surface area contributed by atoms with E-state index < -0.39 is 0 Å². The Labute approximate surface area is 98.7 Å². The molecule has 0 unspecified atom stereocenters. The fourth-order valence-corrected chi connectivity index (χ4v) is 1.60. The molecule has 0 saturated heterocycles. The van der Waals surface area contributed by atoms with Gasteiger partial charge in [-0.25, -0.2) is 4.98 Å². The van der Waals surface area contributed by atoms with Crippen LogP contribution < -0.4 is 5.32 Å². The molecule has 0 amide bonds. The van der Waals surface area contributed by atoms with Gasteiger partial charge in [-0.3, -0.25) is 0 Å². The average Bonchev–Trinajstić information content (AvgIpc) is 2.70. The van der Waals surface area contributed by atoms with E-state index in [9.17, 15) is 0 Å². The Kier molecular flexibility index (Phi) is 6.11. The Hall–Kier alpha value is -0.870. The minimum Gasteiger partial charge on any atom is -0.337 e. The van der Waals surface area contributed by atoms with Gasteiger partial charge in [0.15, 0.2) is 0 Å². The molecule has 4 heteroatoms. The van der Waals surface area contributed by atoms with Gasteiger partial charge in [-0.2, -0.15) is 0 Å². The number of rotatable bonds is 8. The van der Waals surface area contributed by atoms with Gasteiger partial charge in [0.2, 0.25) is 0 Å². The summed E-state index contributed by atoms with van der Waals surface area (Å²) in [5, 5.41) is 3.42. The maximum absolute atomic E-state index is 4.03. The summed E-state index contributed by atoms with van der Waals surface area (Å²) >= 11 is 0. The highest BCUT2D eigenvalue weighted by Gasteiger charge is 1.99. The van der Waals surface area contributed by atoms with Crippen molar-refractivity contribution < 1.29 is 0 Å². The van der Waals surface area contributed by atoms with E-state index in [1.165, 1.54) is 6.42 Å². The van der Waals surface area contributed by atoms with Gasteiger partial charge in [0.25, 0.3) is 0 Å². The summed E-state index contributed by atoms with van der Waals surface area (Å²) in [6, 6.07) is 0.583. The fourth-order valence-electron chi connectivity index (χ4n) is 1.60. The molecule has 0 aliphatic carbocycles. The van der Waals surface area contributed by atoms with Crippen molar-refractivity contribution in [2.75, 3.05) is 26.7 Å². The maximum atomic E-state index is 4.03. The van der Waals surface area contributed by atoms with Crippen LogP contribution in [0.4, 0.5) is 0 Å². The molecule has 16 heavy (non-hydrogen) atoms. The van der Waals surface area contributed by atoms with Gasteiger partial charge in [-0.05, 0) is 20.0 Å². The van der Waals surface area contributed by atoms with Crippen LogP contribution in [0.15, 0.2) is 18.7 Å². The molecule has 1 aromatic rings. The van der Waals surface area contributed by atoms with Crippen molar-refractivity contribution in [1.82, 2.24) is 19.8 Å². The van der Waals surface area contributed by atoms with Gasteiger partial charge in [-0.1, -0.05) is 13.8 Å². The van der Waals surface area contributed by atoms with Crippen LogP contribution in [0.3, 0.4) is 0 Å². The third-order valence-electron chi connectivity index (χ3n) is 2.56. The monoisotopic (exact) mass is 224 g/mol. The van der Waals surface area contributed by atoms with Gasteiger partial charge in [0.1, 0.15) is 0 Å². The van der Waals surface area contributed by atoms with Crippen molar-refractivity contribution >= 4 is 0 Å². The summed E-state index contributed by atoms with van der Waals surface area (Å²) in [6.07, 6.45) is 6.89. The van der Waals surface area contributed by atoms with Gasteiger partial charge in [-0.15, -0.1) is 0 Å². The molecule has 1 N–H and O–H groups in total. The number of likely N-dealkylation sites (N-methyl/N-ethyl adjacent to an activating group) is 1. The molecule has 0 aliphatic rings.